The van der Waals surface area contributed by atoms with E-state index in [0.29, 0.717) is 11.5 Å². The van der Waals surface area contributed by atoms with Crippen LogP contribution in [0.5, 0.6) is 0 Å². The fourth-order valence-corrected chi connectivity index (χ4v) is 4.43. The second kappa shape index (κ2) is 9.74. The maximum Gasteiger partial charge on any atom is 0.251 e. The lowest BCUT2D eigenvalue weighted by Crippen LogP contribution is -2.41. The van der Waals surface area contributed by atoms with E-state index in [2.05, 4.69) is 15.4 Å². The van der Waals surface area contributed by atoms with Crippen molar-refractivity contribution >= 4 is 21.6 Å². The molecule has 1 aromatic carbocycles. The van der Waals surface area contributed by atoms with E-state index >= 15 is 0 Å². The van der Waals surface area contributed by atoms with Crippen LogP contribution in [0.4, 0.5) is 5.69 Å². The third-order valence-electron chi connectivity index (χ3n) is 5.29. The van der Waals surface area contributed by atoms with Gasteiger partial charge in [-0.05, 0) is 90.0 Å². The molecule has 3 N–H and O–H groups in total. The minimum absolute atomic E-state index is 0.0492. The predicted octanol–water partition coefficient (Wildman–Crippen LogP) is 3.43. The Morgan fingerprint density at radius 1 is 1.11 bits per heavy atom. The van der Waals surface area contributed by atoms with Crippen molar-refractivity contribution in [1.29, 1.82) is 0 Å². The fraction of sp³-hybridized carbons (Fsp3) is 0.667. The number of benzene rings is 1. The number of carbonyl (C=O) groups excluding carboxylic acids is 1. The molecule has 7 heteroatoms. The van der Waals surface area contributed by atoms with Gasteiger partial charge >= 0.3 is 0 Å². The maximum absolute atomic E-state index is 12.1. The summed E-state index contributed by atoms with van der Waals surface area (Å²) in [6.07, 6.45) is 3.77. The second-order valence-electron chi connectivity index (χ2n) is 8.47. The van der Waals surface area contributed by atoms with Crippen LogP contribution in [0.1, 0.15) is 69.3 Å². The summed E-state index contributed by atoms with van der Waals surface area (Å²) in [6, 6.07) is 5.91. The predicted molar refractivity (Wildman–Crippen MR) is 115 cm³/mol. The first-order valence-electron chi connectivity index (χ1n) is 10.2. The summed E-state index contributed by atoms with van der Waals surface area (Å²) in [5.74, 6) is 0.481. The summed E-state index contributed by atoms with van der Waals surface area (Å²) in [5.41, 5.74) is 2.77. The Morgan fingerprint density at radius 3 is 2.29 bits per heavy atom. The minimum Gasteiger partial charge on any atom is -0.385 e. The summed E-state index contributed by atoms with van der Waals surface area (Å²) in [4.78, 5) is 12.1. The van der Waals surface area contributed by atoms with Gasteiger partial charge in [0.2, 0.25) is 10.0 Å². The zero-order chi connectivity index (χ0) is 20.9. The second-order valence-corrected chi connectivity index (χ2v) is 10.7. The van der Waals surface area contributed by atoms with Gasteiger partial charge in [0.25, 0.3) is 5.91 Å². The highest BCUT2D eigenvalue weighted by Crippen LogP contribution is 2.26. The third-order valence-corrected chi connectivity index (χ3v) is 7.19. The zero-order valence-corrected chi connectivity index (χ0v) is 18.5. The van der Waals surface area contributed by atoms with E-state index < -0.39 is 10.0 Å². The summed E-state index contributed by atoms with van der Waals surface area (Å²) < 4.78 is 26.9. The third kappa shape index (κ3) is 6.48. The molecule has 1 aromatic rings. The van der Waals surface area contributed by atoms with E-state index in [0.717, 1.165) is 43.5 Å². The molecule has 1 fully saturated rings. The van der Waals surface area contributed by atoms with Crippen molar-refractivity contribution in [3.8, 4) is 0 Å². The zero-order valence-electron chi connectivity index (χ0n) is 17.7. The summed E-state index contributed by atoms with van der Waals surface area (Å²) in [6.45, 7) is 10.2. The molecule has 0 atom stereocenters. The first-order valence-corrected chi connectivity index (χ1v) is 11.8. The largest absolute Gasteiger partial charge is 0.385 e. The van der Waals surface area contributed by atoms with Crippen LogP contribution >= 0.6 is 0 Å². The van der Waals surface area contributed by atoms with Gasteiger partial charge in [0.1, 0.15) is 0 Å². The molecular formula is C21H35N3O3S. The van der Waals surface area contributed by atoms with Gasteiger partial charge in [0.05, 0.1) is 5.25 Å². The molecule has 0 saturated heterocycles. The number of aryl methyl sites for hydroxylation is 1. The fourth-order valence-electron chi connectivity index (χ4n) is 3.46. The molecule has 28 heavy (non-hydrogen) atoms. The lowest BCUT2D eigenvalue weighted by Gasteiger charge is -2.30. The monoisotopic (exact) mass is 409 g/mol. The Morgan fingerprint density at radius 2 is 1.75 bits per heavy atom. The van der Waals surface area contributed by atoms with Crippen LogP contribution < -0.4 is 15.4 Å². The smallest absolute Gasteiger partial charge is 0.251 e. The van der Waals surface area contributed by atoms with Gasteiger partial charge in [-0.2, -0.15) is 0 Å². The Balaban J connectivity index is 1.83. The molecule has 1 saturated carbocycles. The standard InChI is InChI=1S/C21H35N3O3S/c1-14(2)23-21(25)18-8-11-20(16(5)12-18)22-13-17-6-9-19(10-7-17)24-28(26,27)15(3)4/h8,11-12,14-15,17,19,22,24H,6-7,9-10,13H2,1-5H3,(H,23,25). The van der Waals surface area contributed by atoms with Crippen molar-refractivity contribution in [3.63, 3.8) is 0 Å². The highest BCUT2D eigenvalue weighted by Gasteiger charge is 2.26. The maximum atomic E-state index is 12.1. The van der Waals surface area contributed by atoms with E-state index in [-0.39, 0.29) is 23.2 Å². The molecule has 1 aliphatic rings. The number of carbonyl (C=O) groups is 1. The number of amides is 1. The van der Waals surface area contributed by atoms with Crippen molar-refractivity contribution < 1.29 is 13.2 Å². The molecule has 2 rings (SSSR count). The molecule has 0 unspecified atom stereocenters. The Kier molecular flexibility index (Phi) is 7.89. The van der Waals surface area contributed by atoms with Crippen LogP contribution in [-0.4, -0.2) is 38.2 Å². The Labute approximate surface area is 169 Å². The van der Waals surface area contributed by atoms with E-state index in [4.69, 9.17) is 0 Å². The molecule has 0 heterocycles. The first kappa shape index (κ1) is 22.7. The van der Waals surface area contributed by atoms with Gasteiger partial charge in [0, 0.05) is 29.9 Å². The number of nitrogens with one attached hydrogen (secondary N) is 3. The van der Waals surface area contributed by atoms with Crippen LogP contribution in [0.3, 0.4) is 0 Å². The van der Waals surface area contributed by atoms with E-state index in [1.54, 1.807) is 13.8 Å². The van der Waals surface area contributed by atoms with Crippen molar-refractivity contribution in [2.24, 2.45) is 5.92 Å². The molecule has 1 amide bonds. The normalized spacial score (nSPS) is 20.4. The lowest BCUT2D eigenvalue weighted by atomic mass is 9.86. The SMILES string of the molecule is Cc1cc(C(=O)NC(C)C)ccc1NCC1CCC(NS(=O)(=O)C(C)C)CC1. The highest BCUT2D eigenvalue weighted by molar-refractivity contribution is 7.90. The van der Waals surface area contributed by atoms with E-state index in [9.17, 15) is 13.2 Å². The molecule has 6 nitrogen and oxygen atoms in total. The van der Waals surface area contributed by atoms with Crippen molar-refractivity contribution in [3.05, 3.63) is 29.3 Å². The van der Waals surface area contributed by atoms with Gasteiger partial charge in [-0.1, -0.05) is 0 Å². The molecule has 158 valence electrons. The number of hydrogen-bond acceptors (Lipinski definition) is 4. The highest BCUT2D eigenvalue weighted by atomic mass is 32.2. The lowest BCUT2D eigenvalue weighted by molar-refractivity contribution is 0.0943. The van der Waals surface area contributed by atoms with Crippen LogP contribution in [0.15, 0.2) is 18.2 Å². The first-order chi connectivity index (χ1) is 13.1. The Bertz CT molecular complexity index is 767. The minimum atomic E-state index is -3.19. The number of hydrogen-bond donors (Lipinski definition) is 3. The van der Waals surface area contributed by atoms with Gasteiger partial charge in [-0.15, -0.1) is 0 Å². The quantitative estimate of drug-likeness (QED) is 0.614. The van der Waals surface area contributed by atoms with Gasteiger partial charge < -0.3 is 10.6 Å². The van der Waals surface area contributed by atoms with Crippen molar-refractivity contribution in [2.75, 3.05) is 11.9 Å². The van der Waals surface area contributed by atoms with E-state index in [1.165, 1.54) is 0 Å². The van der Waals surface area contributed by atoms with Crippen LogP contribution in [0.2, 0.25) is 0 Å². The Hall–Kier alpha value is -1.60. The van der Waals surface area contributed by atoms with E-state index in [1.807, 2.05) is 39.0 Å². The molecular weight excluding hydrogens is 374 g/mol. The van der Waals surface area contributed by atoms with Crippen molar-refractivity contribution in [2.45, 2.75) is 77.6 Å². The summed E-state index contributed by atoms with van der Waals surface area (Å²) in [5, 5.41) is 6.02. The average Bonchev–Trinajstić information content (AvgIpc) is 2.61. The number of rotatable bonds is 8. The molecule has 0 aliphatic heterocycles. The van der Waals surface area contributed by atoms with Crippen molar-refractivity contribution in [1.82, 2.24) is 10.0 Å². The number of sulfonamides is 1. The van der Waals surface area contributed by atoms with Crippen LogP contribution in [0, 0.1) is 12.8 Å². The molecule has 1 aliphatic carbocycles. The van der Waals surface area contributed by atoms with Crippen LogP contribution in [0.25, 0.3) is 0 Å². The summed E-state index contributed by atoms with van der Waals surface area (Å²) in [7, 11) is -3.19. The number of anilines is 1. The molecule has 0 bridgehead atoms. The topological polar surface area (TPSA) is 87.3 Å². The van der Waals surface area contributed by atoms with Gasteiger partial charge in [-0.25, -0.2) is 13.1 Å². The molecule has 0 radical (unpaired) electrons. The van der Waals surface area contributed by atoms with Gasteiger partial charge in [-0.3, -0.25) is 4.79 Å². The molecule has 0 aromatic heterocycles. The summed E-state index contributed by atoms with van der Waals surface area (Å²) >= 11 is 0. The van der Waals surface area contributed by atoms with Gasteiger partial charge in [0.15, 0.2) is 0 Å². The van der Waals surface area contributed by atoms with Crippen LogP contribution in [-0.2, 0) is 10.0 Å². The molecule has 0 spiro atoms. The average molecular weight is 410 g/mol.